The fourth-order valence-electron chi connectivity index (χ4n) is 7.18. The first kappa shape index (κ1) is 29.8. The highest BCUT2D eigenvalue weighted by atomic mass is 16.5. The summed E-state index contributed by atoms with van der Waals surface area (Å²) in [5, 5.41) is 18.8. The Bertz CT molecular complexity index is 1390. The summed E-state index contributed by atoms with van der Waals surface area (Å²) in [6.45, 7) is 6.71. The van der Waals surface area contributed by atoms with E-state index in [0.717, 1.165) is 60.1 Å². The van der Waals surface area contributed by atoms with Crippen LogP contribution in [0, 0.1) is 17.3 Å². The van der Waals surface area contributed by atoms with E-state index in [0.29, 0.717) is 6.54 Å². The topological polar surface area (TPSA) is 96.7 Å². The van der Waals surface area contributed by atoms with Gasteiger partial charge in [-0.25, -0.2) is 4.79 Å². The summed E-state index contributed by atoms with van der Waals surface area (Å²) in [5.74, 6) is -0.685. The molecule has 224 valence electrons. The van der Waals surface area contributed by atoms with Crippen molar-refractivity contribution >= 4 is 11.9 Å². The molecule has 2 aromatic carbocycles. The number of hydrogen-bond acceptors (Lipinski definition) is 5. The van der Waals surface area contributed by atoms with Crippen molar-refractivity contribution in [3.05, 3.63) is 72.1 Å². The summed E-state index contributed by atoms with van der Waals surface area (Å²) in [7, 11) is 3.55. The van der Waals surface area contributed by atoms with Crippen molar-refractivity contribution in [2.45, 2.75) is 77.5 Å². The molecule has 1 aromatic heterocycles. The van der Waals surface area contributed by atoms with Gasteiger partial charge < -0.3 is 20.1 Å². The van der Waals surface area contributed by atoms with Crippen LogP contribution in [-0.4, -0.2) is 50.9 Å². The second kappa shape index (κ2) is 12.3. The Morgan fingerprint density at radius 1 is 1.05 bits per heavy atom. The highest BCUT2D eigenvalue weighted by Gasteiger charge is 2.58. The lowest BCUT2D eigenvalue weighted by Gasteiger charge is -2.36. The first-order valence-electron chi connectivity index (χ1n) is 15.1. The summed E-state index contributed by atoms with van der Waals surface area (Å²) in [4.78, 5) is 29.2. The van der Waals surface area contributed by atoms with Gasteiger partial charge in [0.1, 0.15) is 11.8 Å². The van der Waals surface area contributed by atoms with Gasteiger partial charge in [0.15, 0.2) is 0 Å². The van der Waals surface area contributed by atoms with Crippen LogP contribution in [0.25, 0.3) is 11.1 Å². The molecule has 8 heteroatoms. The van der Waals surface area contributed by atoms with Crippen LogP contribution in [0.4, 0.5) is 0 Å². The smallest absolute Gasteiger partial charge is 0.326 e. The van der Waals surface area contributed by atoms with Crippen LogP contribution in [0.2, 0.25) is 0 Å². The number of benzene rings is 2. The predicted molar refractivity (Wildman–Crippen MR) is 163 cm³/mol. The highest BCUT2D eigenvalue weighted by molar-refractivity contribution is 5.87. The van der Waals surface area contributed by atoms with E-state index >= 15 is 0 Å². The molecular formula is C34H44N4O4. The minimum Gasteiger partial charge on any atom is -0.496 e. The molecule has 0 bridgehead atoms. The molecule has 1 aliphatic carbocycles. The summed E-state index contributed by atoms with van der Waals surface area (Å²) in [5.41, 5.74) is 3.55. The number of nitrogens with zero attached hydrogens (tertiary/aromatic N) is 3. The zero-order valence-electron chi connectivity index (χ0n) is 25.4. The van der Waals surface area contributed by atoms with E-state index in [2.05, 4.69) is 37.3 Å². The molecule has 2 aliphatic rings. The molecule has 0 radical (unpaired) electrons. The number of nitrogens with one attached hydrogen (secondary N) is 1. The Hall–Kier alpha value is -3.65. The Labute approximate surface area is 249 Å². The van der Waals surface area contributed by atoms with Gasteiger partial charge in [0.25, 0.3) is 0 Å². The number of carbonyl (C=O) groups excluding carboxylic acids is 1. The van der Waals surface area contributed by atoms with Gasteiger partial charge in [-0.2, -0.15) is 5.10 Å². The van der Waals surface area contributed by atoms with Crippen LogP contribution in [0.5, 0.6) is 5.75 Å². The number of methoxy groups -OCH3 is 1. The molecule has 0 unspecified atom stereocenters. The largest absolute Gasteiger partial charge is 0.496 e. The van der Waals surface area contributed by atoms with E-state index in [1.165, 1.54) is 0 Å². The molecule has 1 aliphatic heterocycles. The Morgan fingerprint density at radius 2 is 1.76 bits per heavy atom. The maximum atomic E-state index is 14.3. The van der Waals surface area contributed by atoms with Crippen LogP contribution < -0.4 is 10.1 Å². The van der Waals surface area contributed by atoms with Crippen LogP contribution in [0.1, 0.15) is 70.0 Å². The molecule has 2 heterocycles. The molecule has 1 amide bonds. The van der Waals surface area contributed by atoms with E-state index in [1.54, 1.807) is 16.7 Å². The van der Waals surface area contributed by atoms with Gasteiger partial charge in [-0.15, -0.1) is 0 Å². The molecule has 5 rings (SSSR count). The molecular weight excluding hydrogens is 528 g/mol. The second-order valence-corrected chi connectivity index (χ2v) is 12.9. The van der Waals surface area contributed by atoms with Crippen molar-refractivity contribution in [3.63, 3.8) is 0 Å². The van der Waals surface area contributed by atoms with Gasteiger partial charge in [-0.3, -0.25) is 9.48 Å². The SMILES string of the molecule is COc1ccc(-c2cnn(C)c2)cc1CN[C@H]1[C@H](C(C)(C)C)[C@@H](C(=O)O)N(C(=O)C2CCCCC2)[C@H]1c1ccccc1. The number of carboxylic acids is 1. The Morgan fingerprint density at radius 3 is 2.36 bits per heavy atom. The van der Waals surface area contributed by atoms with Crippen molar-refractivity contribution in [2.75, 3.05) is 7.11 Å². The Balaban J connectivity index is 1.57. The lowest BCUT2D eigenvalue weighted by Crippen LogP contribution is -2.49. The van der Waals surface area contributed by atoms with Gasteiger partial charge in [-0.05, 0) is 41.5 Å². The number of likely N-dealkylation sites (tertiary alicyclic amines) is 1. The number of aliphatic carboxylic acids is 1. The second-order valence-electron chi connectivity index (χ2n) is 12.9. The van der Waals surface area contributed by atoms with Crippen molar-refractivity contribution in [3.8, 4) is 16.9 Å². The summed E-state index contributed by atoms with van der Waals surface area (Å²) in [6, 6.07) is 14.4. The fourth-order valence-corrected chi connectivity index (χ4v) is 7.18. The molecule has 2 N–H and O–H groups in total. The lowest BCUT2D eigenvalue weighted by atomic mass is 9.72. The summed E-state index contributed by atoms with van der Waals surface area (Å²) in [6.07, 6.45) is 8.60. The van der Waals surface area contributed by atoms with E-state index in [1.807, 2.05) is 61.9 Å². The van der Waals surface area contributed by atoms with Crippen LogP contribution in [0.15, 0.2) is 60.9 Å². The number of hydrogen-bond donors (Lipinski definition) is 2. The lowest BCUT2D eigenvalue weighted by molar-refractivity contribution is -0.154. The van der Waals surface area contributed by atoms with Crippen molar-refractivity contribution in [1.29, 1.82) is 0 Å². The van der Waals surface area contributed by atoms with Crippen molar-refractivity contribution in [1.82, 2.24) is 20.0 Å². The minimum absolute atomic E-state index is 0.0225. The van der Waals surface area contributed by atoms with E-state index < -0.39 is 23.5 Å². The van der Waals surface area contributed by atoms with E-state index in [4.69, 9.17) is 4.74 Å². The molecule has 8 nitrogen and oxygen atoms in total. The quantitative estimate of drug-likeness (QED) is 0.352. The molecule has 1 saturated carbocycles. The third-order valence-corrected chi connectivity index (χ3v) is 9.12. The number of carbonyl (C=O) groups is 2. The standard InChI is InChI=1S/C34H44N4O4/c1-34(2,3)28-29(35-19-25-18-24(16-17-27(25)42-5)26-20-36-37(4)21-26)30(22-12-8-6-9-13-22)38(31(28)33(40)41)32(39)23-14-10-7-11-15-23/h6,8-9,12-13,16-18,20-21,23,28-31,35H,7,10-11,14-15,19H2,1-5H3,(H,40,41)/t28-,29-,30-,31-/m0/s1. The van der Waals surface area contributed by atoms with Gasteiger partial charge in [0, 0.05) is 48.8 Å². The number of aromatic nitrogens is 2. The third kappa shape index (κ3) is 5.95. The minimum atomic E-state index is -0.944. The first-order chi connectivity index (χ1) is 20.1. The number of ether oxygens (including phenoxy) is 1. The van der Waals surface area contributed by atoms with Crippen molar-refractivity contribution < 1.29 is 19.4 Å². The molecule has 2 fully saturated rings. The first-order valence-corrected chi connectivity index (χ1v) is 15.1. The Kier molecular flexibility index (Phi) is 8.73. The fraction of sp³-hybridized carbons (Fsp3) is 0.500. The molecule has 3 aromatic rings. The maximum absolute atomic E-state index is 14.3. The van der Waals surface area contributed by atoms with Crippen LogP contribution >= 0.6 is 0 Å². The monoisotopic (exact) mass is 572 g/mol. The normalized spacial score (nSPS) is 23.2. The van der Waals surface area contributed by atoms with Gasteiger partial charge in [0.05, 0.1) is 19.3 Å². The maximum Gasteiger partial charge on any atom is 0.326 e. The van der Waals surface area contributed by atoms with E-state index in [9.17, 15) is 14.7 Å². The zero-order valence-corrected chi connectivity index (χ0v) is 25.4. The van der Waals surface area contributed by atoms with E-state index in [-0.39, 0.29) is 23.8 Å². The highest BCUT2D eigenvalue weighted by Crippen LogP contribution is 2.49. The molecule has 0 spiro atoms. The van der Waals surface area contributed by atoms with Crippen LogP contribution in [-0.2, 0) is 23.2 Å². The average Bonchev–Trinajstić information content (AvgIpc) is 3.58. The van der Waals surface area contributed by atoms with Gasteiger partial charge >= 0.3 is 5.97 Å². The average molecular weight is 573 g/mol. The summed E-state index contributed by atoms with van der Waals surface area (Å²) >= 11 is 0. The predicted octanol–water partition coefficient (Wildman–Crippen LogP) is 5.83. The third-order valence-electron chi connectivity index (χ3n) is 9.12. The van der Waals surface area contributed by atoms with Gasteiger partial charge in [-0.1, -0.05) is 76.4 Å². The summed E-state index contributed by atoms with van der Waals surface area (Å²) < 4.78 is 7.52. The van der Waals surface area contributed by atoms with Crippen molar-refractivity contribution in [2.24, 2.45) is 24.3 Å². The number of rotatable bonds is 8. The number of amides is 1. The number of aryl methyl sites for hydroxylation is 1. The molecule has 1 saturated heterocycles. The zero-order chi connectivity index (χ0) is 30.0. The molecule has 4 atom stereocenters. The molecule has 42 heavy (non-hydrogen) atoms. The number of carboxylic acid groups (broad SMARTS) is 1. The van der Waals surface area contributed by atoms with Gasteiger partial charge in [0.2, 0.25) is 5.91 Å². The van der Waals surface area contributed by atoms with Crippen LogP contribution in [0.3, 0.4) is 0 Å².